The molecule has 18 heavy (non-hydrogen) atoms. The van der Waals surface area contributed by atoms with Crippen LogP contribution in [-0.4, -0.2) is 68.4 Å². The smallest absolute Gasteiger partial charge is 0.236 e. The number of hydrogen-bond acceptors (Lipinski definition) is 4. The molecule has 0 radical (unpaired) electrons. The van der Waals surface area contributed by atoms with Gasteiger partial charge in [0.1, 0.15) is 0 Å². The summed E-state index contributed by atoms with van der Waals surface area (Å²) in [5, 5.41) is 0. The fourth-order valence-electron chi connectivity index (χ4n) is 2.49. The van der Waals surface area contributed by atoms with E-state index >= 15 is 0 Å². The molecule has 1 aliphatic carbocycles. The standard InChI is InChI=1S/C12H22N2O3S/c1-12(2)8-10(12)13(3)11(15)9-14-4-6-18(16,17)7-5-14/h10H,4-9H2,1-3H3. The van der Waals surface area contributed by atoms with Crippen LogP contribution in [-0.2, 0) is 14.6 Å². The molecule has 5 nitrogen and oxygen atoms in total. The van der Waals surface area contributed by atoms with Gasteiger partial charge in [0.15, 0.2) is 9.84 Å². The van der Waals surface area contributed by atoms with Crippen molar-refractivity contribution in [3.63, 3.8) is 0 Å². The van der Waals surface area contributed by atoms with Crippen LogP contribution in [0.4, 0.5) is 0 Å². The molecule has 0 N–H and O–H groups in total. The molecule has 0 bridgehead atoms. The molecule has 6 heteroatoms. The molecular weight excluding hydrogens is 252 g/mol. The topological polar surface area (TPSA) is 57.7 Å². The summed E-state index contributed by atoms with van der Waals surface area (Å²) in [7, 11) is -1.01. The summed E-state index contributed by atoms with van der Waals surface area (Å²) >= 11 is 0. The predicted molar refractivity (Wildman–Crippen MR) is 70.0 cm³/mol. The van der Waals surface area contributed by atoms with Crippen LogP contribution >= 0.6 is 0 Å². The number of carbonyl (C=O) groups is 1. The molecule has 1 heterocycles. The van der Waals surface area contributed by atoms with Gasteiger partial charge in [-0.15, -0.1) is 0 Å². The normalized spacial score (nSPS) is 29.8. The lowest BCUT2D eigenvalue weighted by Crippen LogP contribution is -2.46. The van der Waals surface area contributed by atoms with Crippen LogP contribution in [0, 0.1) is 5.41 Å². The number of hydrogen-bond donors (Lipinski definition) is 0. The molecule has 2 rings (SSSR count). The monoisotopic (exact) mass is 274 g/mol. The van der Waals surface area contributed by atoms with Gasteiger partial charge in [-0.3, -0.25) is 9.69 Å². The highest BCUT2D eigenvalue weighted by Crippen LogP contribution is 2.47. The molecule has 1 saturated carbocycles. The summed E-state index contributed by atoms with van der Waals surface area (Å²) in [5.41, 5.74) is 0.246. The highest BCUT2D eigenvalue weighted by Gasteiger charge is 2.49. The Morgan fingerprint density at radius 1 is 1.33 bits per heavy atom. The molecular formula is C12H22N2O3S. The van der Waals surface area contributed by atoms with Gasteiger partial charge in [-0.2, -0.15) is 0 Å². The van der Waals surface area contributed by atoms with Crippen molar-refractivity contribution in [2.45, 2.75) is 26.3 Å². The van der Waals surface area contributed by atoms with Crippen molar-refractivity contribution in [3.05, 3.63) is 0 Å². The average Bonchev–Trinajstić information content (AvgIpc) is 2.90. The van der Waals surface area contributed by atoms with Gasteiger partial charge in [0, 0.05) is 26.2 Å². The Bertz CT molecular complexity index is 430. The number of nitrogens with zero attached hydrogens (tertiary/aromatic N) is 2. The maximum absolute atomic E-state index is 12.1. The van der Waals surface area contributed by atoms with E-state index in [0.717, 1.165) is 6.42 Å². The first kappa shape index (κ1) is 13.8. The van der Waals surface area contributed by atoms with E-state index in [1.54, 1.807) is 0 Å². The van der Waals surface area contributed by atoms with Crippen molar-refractivity contribution in [2.24, 2.45) is 5.41 Å². The highest BCUT2D eigenvalue weighted by atomic mass is 32.2. The highest BCUT2D eigenvalue weighted by molar-refractivity contribution is 7.91. The van der Waals surface area contributed by atoms with Crippen molar-refractivity contribution in [2.75, 3.05) is 38.2 Å². The van der Waals surface area contributed by atoms with Crippen LogP contribution in [0.15, 0.2) is 0 Å². The van der Waals surface area contributed by atoms with Crippen LogP contribution < -0.4 is 0 Å². The van der Waals surface area contributed by atoms with E-state index in [1.165, 1.54) is 0 Å². The van der Waals surface area contributed by atoms with Crippen molar-refractivity contribution in [1.82, 2.24) is 9.80 Å². The molecule has 1 aliphatic heterocycles. The van der Waals surface area contributed by atoms with E-state index in [0.29, 0.717) is 25.7 Å². The third kappa shape index (κ3) is 3.03. The third-order valence-corrected chi connectivity index (χ3v) is 5.73. The van der Waals surface area contributed by atoms with Crippen molar-refractivity contribution in [3.8, 4) is 0 Å². The largest absolute Gasteiger partial charge is 0.341 e. The fourth-order valence-corrected chi connectivity index (χ4v) is 3.76. The zero-order chi connectivity index (χ0) is 13.6. The maximum atomic E-state index is 12.1. The molecule has 104 valence electrons. The van der Waals surface area contributed by atoms with E-state index in [-0.39, 0.29) is 22.8 Å². The van der Waals surface area contributed by atoms with E-state index in [2.05, 4.69) is 13.8 Å². The van der Waals surface area contributed by atoms with Crippen molar-refractivity contribution < 1.29 is 13.2 Å². The van der Waals surface area contributed by atoms with Crippen molar-refractivity contribution in [1.29, 1.82) is 0 Å². The summed E-state index contributed by atoms with van der Waals surface area (Å²) in [6.45, 7) is 5.63. The number of carbonyl (C=O) groups excluding carboxylic acids is 1. The molecule has 2 aliphatic rings. The Labute approximate surface area is 109 Å². The van der Waals surface area contributed by atoms with Gasteiger partial charge in [-0.25, -0.2) is 8.42 Å². The second-order valence-corrected chi connectivity index (χ2v) is 8.44. The molecule has 1 atom stereocenters. The minimum Gasteiger partial charge on any atom is -0.341 e. The first-order valence-electron chi connectivity index (χ1n) is 6.40. The molecule has 2 fully saturated rings. The molecule has 1 unspecified atom stereocenters. The fraction of sp³-hybridized carbons (Fsp3) is 0.917. The molecule has 0 aromatic rings. The first-order chi connectivity index (χ1) is 8.21. The lowest BCUT2D eigenvalue weighted by molar-refractivity contribution is -0.132. The van der Waals surface area contributed by atoms with Crippen LogP contribution in [0.3, 0.4) is 0 Å². The Morgan fingerprint density at radius 2 is 1.83 bits per heavy atom. The SMILES string of the molecule is CN(C(=O)CN1CCS(=O)(=O)CC1)C1CC1(C)C. The van der Waals surface area contributed by atoms with E-state index in [9.17, 15) is 13.2 Å². The van der Waals surface area contributed by atoms with Crippen LogP contribution in [0.1, 0.15) is 20.3 Å². The molecule has 0 aromatic carbocycles. The zero-order valence-corrected chi connectivity index (χ0v) is 12.2. The Hall–Kier alpha value is -0.620. The number of amides is 1. The summed E-state index contributed by atoms with van der Waals surface area (Å²) in [5.74, 6) is 0.461. The van der Waals surface area contributed by atoms with Gasteiger partial charge in [-0.05, 0) is 11.8 Å². The van der Waals surface area contributed by atoms with Gasteiger partial charge >= 0.3 is 0 Å². The van der Waals surface area contributed by atoms with Gasteiger partial charge in [0.05, 0.1) is 18.1 Å². The molecule has 1 saturated heterocycles. The molecule has 0 spiro atoms. The lowest BCUT2D eigenvalue weighted by Gasteiger charge is -2.28. The number of likely N-dealkylation sites (N-methyl/N-ethyl adjacent to an activating group) is 1. The average molecular weight is 274 g/mol. The third-order valence-electron chi connectivity index (χ3n) is 4.12. The summed E-state index contributed by atoms with van der Waals surface area (Å²) in [6, 6.07) is 0.346. The van der Waals surface area contributed by atoms with Crippen LogP contribution in [0.25, 0.3) is 0 Å². The minimum atomic E-state index is -2.86. The second-order valence-electron chi connectivity index (χ2n) is 6.14. The summed E-state index contributed by atoms with van der Waals surface area (Å²) in [4.78, 5) is 15.8. The second kappa shape index (κ2) is 4.49. The Kier molecular flexibility index (Phi) is 3.44. The predicted octanol–water partition coefficient (Wildman–Crippen LogP) is -0.0263. The van der Waals surface area contributed by atoms with Crippen LogP contribution in [0.2, 0.25) is 0 Å². The van der Waals surface area contributed by atoms with E-state index in [1.807, 2.05) is 16.8 Å². The van der Waals surface area contributed by atoms with Gasteiger partial charge in [0.25, 0.3) is 0 Å². The lowest BCUT2D eigenvalue weighted by atomic mass is 10.2. The minimum absolute atomic E-state index is 0.102. The summed E-state index contributed by atoms with van der Waals surface area (Å²) in [6.07, 6.45) is 1.06. The zero-order valence-electron chi connectivity index (χ0n) is 11.3. The first-order valence-corrected chi connectivity index (χ1v) is 8.22. The Morgan fingerprint density at radius 3 is 2.28 bits per heavy atom. The van der Waals surface area contributed by atoms with Crippen molar-refractivity contribution >= 4 is 15.7 Å². The van der Waals surface area contributed by atoms with E-state index < -0.39 is 9.84 Å². The van der Waals surface area contributed by atoms with Gasteiger partial charge in [-0.1, -0.05) is 13.8 Å². The molecule has 1 amide bonds. The van der Waals surface area contributed by atoms with E-state index in [4.69, 9.17) is 0 Å². The maximum Gasteiger partial charge on any atom is 0.236 e. The Balaban J connectivity index is 1.82. The van der Waals surface area contributed by atoms with Crippen LogP contribution in [0.5, 0.6) is 0 Å². The number of rotatable bonds is 3. The van der Waals surface area contributed by atoms with Gasteiger partial charge < -0.3 is 4.90 Å². The number of sulfone groups is 1. The van der Waals surface area contributed by atoms with Gasteiger partial charge in [0.2, 0.25) is 5.91 Å². The summed E-state index contributed by atoms with van der Waals surface area (Å²) < 4.78 is 22.6. The molecule has 0 aromatic heterocycles. The quantitative estimate of drug-likeness (QED) is 0.725.